The Hall–Kier alpha value is -1.42. The molecule has 0 aromatic heterocycles. The summed E-state index contributed by atoms with van der Waals surface area (Å²) in [6.07, 6.45) is 2.75. The van der Waals surface area contributed by atoms with E-state index < -0.39 is 5.60 Å². The van der Waals surface area contributed by atoms with Gasteiger partial charge in [0.05, 0.1) is 0 Å². The lowest BCUT2D eigenvalue weighted by Gasteiger charge is -2.27. The maximum absolute atomic E-state index is 13.0. The zero-order valence-corrected chi connectivity index (χ0v) is 12.1. The van der Waals surface area contributed by atoms with Crippen molar-refractivity contribution in [3.8, 4) is 0 Å². The van der Waals surface area contributed by atoms with Gasteiger partial charge in [0.15, 0.2) is 0 Å². The molecule has 1 unspecified atom stereocenters. The Balaban J connectivity index is 2.02. The Kier molecular flexibility index (Phi) is 4.43. The van der Waals surface area contributed by atoms with Gasteiger partial charge in [-0.1, -0.05) is 12.1 Å². The van der Waals surface area contributed by atoms with Gasteiger partial charge in [0.2, 0.25) is 0 Å². The number of halogens is 1. The highest BCUT2D eigenvalue weighted by molar-refractivity contribution is 5.84. The lowest BCUT2D eigenvalue weighted by Crippen LogP contribution is -2.45. The van der Waals surface area contributed by atoms with Crippen LogP contribution in [0.25, 0.3) is 0 Å². The van der Waals surface area contributed by atoms with E-state index in [1.807, 2.05) is 12.1 Å². The van der Waals surface area contributed by atoms with Crippen LogP contribution in [0, 0.1) is 5.82 Å². The van der Waals surface area contributed by atoms with Gasteiger partial charge in [0.25, 0.3) is 5.91 Å². The molecule has 1 atom stereocenters. The molecule has 1 amide bonds. The average molecular weight is 279 g/mol. The summed E-state index contributed by atoms with van der Waals surface area (Å²) < 4.78 is 13.0. The molecular formula is C16H22FNO2. The van der Waals surface area contributed by atoms with Crippen molar-refractivity contribution in [1.82, 2.24) is 4.90 Å². The summed E-state index contributed by atoms with van der Waals surface area (Å²) in [7, 11) is 0. The van der Waals surface area contributed by atoms with Crippen LogP contribution in [0.4, 0.5) is 4.39 Å². The first-order valence-corrected chi connectivity index (χ1v) is 7.15. The molecule has 0 bridgehead atoms. The van der Waals surface area contributed by atoms with Crippen LogP contribution in [0.3, 0.4) is 0 Å². The number of aliphatic hydroxyl groups is 1. The largest absolute Gasteiger partial charge is 0.381 e. The van der Waals surface area contributed by atoms with Crippen molar-refractivity contribution in [2.24, 2.45) is 0 Å². The highest BCUT2D eigenvalue weighted by Gasteiger charge is 2.30. The van der Waals surface area contributed by atoms with E-state index in [1.54, 1.807) is 4.90 Å². The third-order valence-electron chi connectivity index (χ3n) is 3.88. The summed E-state index contributed by atoms with van der Waals surface area (Å²) in [6.45, 7) is 4.38. The maximum Gasteiger partial charge on any atom is 0.253 e. The Morgan fingerprint density at radius 2 is 1.90 bits per heavy atom. The third kappa shape index (κ3) is 3.57. The number of carbonyl (C=O) groups is 1. The highest BCUT2D eigenvalue weighted by atomic mass is 19.1. The number of rotatable bonds is 2. The van der Waals surface area contributed by atoms with Gasteiger partial charge in [-0.25, -0.2) is 4.39 Å². The second kappa shape index (κ2) is 5.92. The zero-order valence-electron chi connectivity index (χ0n) is 12.1. The Morgan fingerprint density at radius 1 is 1.25 bits per heavy atom. The van der Waals surface area contributed by atoms with E-state index in [0.29, 0.717) is 19.0 Å². The number of likely N-dealkylation sites (tertiary alicyclic amines) is 1. The molecular weight excluding hydrogens is 257 g/mol. The molecule has 2 rings (SSSR count). The van der Waals surface area contributed by atoms with Crippen LogP contribution < -0.4 is 0 Å². The van der Waals surface area contributed by atoms with Gasteiger partial charge in [0.1, 0.15) is 11.4 Å². The van der Waals surface area contributed by atoms with Crippen molar-refractivity contribution < 1.29 is 14.3 Å². The van der Waals surface area contributed by atoms with Crippen molar-refractivity contribution in [2.45, 2.75) is 44.6 Å². The number of benzene rings is 1. The van der Waals surface area contributed by atoms with Crippen molar-refractivity contribution in [1.29, 1.82) is 0 Å². The minimum atomic E-state index is -1.31. The average Bonchev–Trinajstić information content (AvgIpc) is 2.63. The maximum atomic E-state index is 13.0. The molecule has 1 aliphatic heterocycles. The van der Waals surface area contributed by atoms with Gasteiger partial charge >= 0.3 is 0 Å². The fourth-order valence-corrected chi connectivity index (χ4v) is 2.75. The first-order valence-electron chi connectivity index (χ1n) is 7.15. The van der Waals surface area contributed by atoms with Gasteiger partial charge in [-0.2, -0.15) is 0 Å². The molecule has 1 aliphatic rings. The zero-order chi connectivity index (χ0) is 14.8. The highest BCUT2D eigenvalue weighted by Crippen LogP contribution is 2.28. The SMILES string of the molecule is CC(C)(O)C(=O)N1CCCC(c2ccc(F)cc2)CC1. The lowest BCUT2D eigenvalue weighted by atomic mass is 9.92. The van der Waals surface area contributed by atoms with Gasteiger partial charge in [-0.15, -0.1) is 0 Å². The molecule has 0 saturated carbocycles. The number of nitrogens with zero attached hydrogens (tertiary/aromatic N) is 1. The number of amides is 1. The van der Waals surface area contributed by atoms with Crippen LogP contribution in [0.5, 0.6) is 0 Å². The van der Waals surface area contributed by atoms with Gasteiger partial charge in [0, 0.05) is 13.1 Å². The van der Waals surface area contributed by atoms with Crippen LogP contribution >= 0.6 is 0 Å². The number of hydrogen-bond donors (Lipinski definition) is 1. The topological polar surface area (TPSA) is 40.5 Å². The van der Waals surface area contributed by atoms with Gasteiger partial charge in [-0.05, 0) is 56.7 Å². The summed E-state index contributed by atoms with van der Waals surface area (Å²) in [6, 6.07) is 6.63. The van der Waals surface area contributed by atoms with Gasteiger partial charge < -0.3 is 10.0 Å². The van der Waals surface area contributed by atoms with E-state index in [2.05, 4.69) is 0 Å². The molecule has 1 fully saturated rings. The summed E-state index contributed by atoms with van der Waals surface area (Å²) in [5.74, 6) is -0.0753. The van der Waals surface area contributed by atoms with Crippen LogP contribution in [0.1, 0.15) is 44.6 Å². The molecule has 1 heterocycles. The Morgan fingerprint density at radius 3 is 2.50 bits per heavy atom. The molecule has 3 nitrogen and oxygen atoms in total. The van der Waals surface area contributed by atoms with E-state index in [4.69, 9.17) is 0 Å². The minimum absolute atomic E-state index is 0.211. The fraction of sp³-hybridized carbons (Fsp3) is 0.562. The Labute approximate surface area is 119 Å². The molecule has 110 valence electrons. The number of hydrogen-bond acceptors (Lipinski definition) is 2. The smallest absolute Gasteiger partial charge is 0.253 e. The molecule has 1 N–H and O–H groups in total. The van der Waals surface area contributed by atoms with Gasteiger partial charge in [-0.3, -0.25) is 4.79 Å². The summed E-state index contributed by atoms with van der Waals surface area (Å²) in [5.41, 5.74) is -0.181. The van der Waals surface area contributed by atoms with E-state index >= 15 is 0 Å². The predicted octanol–water partition coefficient (Wildman–Crippen LogP) is 2.69. The molecule has 0 aliphatic carbocycles. The second-order valence-electron chi connectivity index (χ2n) is 6.03. The lowest BCUT2D eigenvalue weighted by molar-refractivity contribution is -0.147. The second-order valence-corrected chi connectivity index (χ2v) is 6.03. The predicted molar refractivity (Wildman–Crippen MR) is 75.9 cm³/mol. The van der Waals surface area contributed by atoms with Crippen molar-refractivity contribution in [3.05, 3.63) is 35.6 Å². The normalized spacial score (nSPS) is 20.6. The molecule has 1 saturated heterocycles. The van der Waals surface area contributed by atoms with Crippen molar-refractivity contribution >= 4 is 5.91 Å². The molecule has 0 spiro atoms. The Bertz CT molecular complexity index is 464. The number of carbonyl (C=O) groups excluding carboxylic acids is 1. The van der Waals surface area contributed by atoms with Crippen LogP contribution in [-0.4, -0.2) is 34.6 Å². The molecule has 4 heteroatoms. The molecule has 1 aromatic carbocycles. The first-order chi connectivity index (χ1) is 9.38. The fourth-order valence-electron chi connectivity index (χ4n) is 2.75. The molecule has 1 aromatic rings. The molecule has 20 heavy (non-hydrogen) atoms. The van der Waals surface area contributed by atoms with Crippen LogP contribution in [0.15, 0.2) is 24.3 Å². The summed E-state index contributed by atoms with van der Waals surface area (Å²) in [5, 5.41) is 9.81. The molecule has 0 radical (unpaired) electrons. The van der Waals surface area contributed by atoms with Crippen molar-refractivity contribution in [3.63, 3.8) is 0 Å². The minimum Gasteiger partial charge on any atom is -0.381 e. The standard InChI is InChI=1S/C16H22FNO2/c1-16(2,20)15(19)18-10-3-4-12(9-11-18)13-5-7-14(17)8-6-13/h5-8,12,20H,3-4,9-11H2,1-2H3. The van der Waals surface area contributed by atoms with E-state index in [-0.39, 0.29) is 11.7 Å². The van der Waals surface area contributed by atoms with E-state index in [9.17, 15) is 14.3 Å². The van der Waals surface area contributed by atoms with Crippen molar-refractivity contribution in [2.75, 3.05) is 13.1 Å². The van der Waals surface area contributed by atoms with E-state index in [1.165, 1.54) is 26.0 Å². The third-order valence-corrected chi connectivity index (χ3v) is 3.88. The quantitative estimate of drug-likeness (QED) is 0.904. The van der Waals surface area contributed by atoms with Crippen LogP contribution in [-0.2, 0) is 4.79 Å². The van der Waals surface area contributed by atoms with Crippen LogP contribution in [0.2, 0.25) is 0 Å². The van der Waals surface area contributed by atoms with E-state index in [0.717, 1.165) is 24.8 Å². The summed E-state index contributed by atoms with van der Waals surface area (Å²) in [4.78, 5) is 13.8. The first kappa shape index (κ1) is 15.0. The monoisotopic (exact) mass is 279 g/mol. The summed E-state index contributed by atoms with van der Waals surface area (Å²) >= 11 is 0.